The second-order valence-electron chi connectivity index (χ2n) is 5.99. The van der Waals surface area contributed by atoms with Crippen LogP contribution in [0.2, 0.25) is 0 Å². The molecule has 0 aromatic rings. The number of rotatable bonds is 2. The molecule has 0 N–H and O–H groups in total. The van der Waals surface area contributed by atoms with Crippen molar-refractivity contribution in [1.82, 2.24) is 14.7 Å². The molecule has 1 unspecified atom stereocenters. The van der Waals surface area contributed by atoms with Crippen molar-refractivity contribution in [2.45, 2.75) is 18.4 Å². The lowest BCUT2D eigenvalue weighted by Crippen LogP contribution is -2.73. The Labute approximate surface area is 110 Å². The standard InChI is InChI=1S/C13H25N3O2/c1-14(2)12(17)16-9-13(10-16)7-11(8-18-4)5-6-15(13)3/h11H,5-10H2,1-4H3. The van der Waals surface area contributed by atoms with Crippen LogP contribution in [0.4, 0.5) is 4.79 Å². The average Bonchev–Trinajstić information content (AvgIpc) is 2.28. The zero-order chi connectivity index (χ0) is 13.3. The van der Waals surface area contributed by atoms with Crippen LogP contribution in [0.25, 0.3) is 0 Å². The van der Waals surface area contributed by atoms with Gasteiger partial charge in [0.05, 0.1) is 5.54 Å². The summed E-state index contributed by atoms with van der Waals surface area (Å²) in [7, 11) is 7.57. The summed E-state index contributed by atoms with van der Waals surface area (Å²) in [5.74, 6) is 0.641. The first-order valence-electron chi connectivity index (χ1n) is 6.65. The van der Waals surface area contributed by atoms with Gasteiger partial charge >= 0.3 is 6.03 Å². The molecule has 5 nitrogen and oxygen atoms in total. The van der Waals surface area contributed by atoms with Crippen molar-refractivity contribution < 1.29 is 9.53 Å². The van der Waals surface area contributed by atoms with E-state index in [9.17, 15) is 4.79 Å². The number of hydrogen-bond donors (Lipinski definition) is 0. The van der Waals surface area contributed by atoms with Gasteiger partial charge in [-0.3, -0.25) is 4.90 Å². The van der Waals surface area contributed by atoms with Crippen LogP contribution in [0.5, 0.6) is 0 Å². The van der Waals surface area contributed by atoms with Gasteiger partial charge in [-0.05, 0) is 32.4 Å². The fraction of sp³-hybridized carbons (Fsp3) is 0.923. The highest BCUT2D eigenvalue weighted by atomic mass is 16.5. The number of amides is 2. The highest BCUT2D eigenvalue weighted by Crippen LogP contribution is 2.38. The minimum atomic E-state index is 0.128. The number of carbonyl (C=O) groups excluding carboxylic acids is 1. The Balaban J connectivity index is 1.94. The maximum Gasteiger partial charge on any atom is 0.319 e. The highest BCUT2D eigenvalue weighted by Gasteiger charge is 2.51. The predicted octanol–water partition coefficient (Wildman–Crippen LogP) is 0.711. The van der Waals surface area contributed by atoms with Crippen molar-refractivity contribution in [3.05, 3.63) is 0 Å². The van der Waals surface area contributed by atoms with Gasteiger partial charge in [0.1, 0.15) is 0 Å². The first-order chi connectivity index (χ1) is 8.48. The third kappa shape index (κ3) is 2.34. The van der Waals surface area contributed by atoms with E-state index in [0.717, 1.165) is 32.7 Å². The number of likely N-dealkylation sites (tertiary alicyclic amines) is 2. The number of urea groups is 1. The van der Waals surface area contributed by atoms with Crippen molar-refractivity contribution in [2.24, 2.45) is 5.92 Å². The number of ether oxygens (including phenoxy) is 1. The Morgan fingerprint density at radius 1 is 1.44 bits per heavy atom. The fourth-order valence-corrected chi connectivity index (χ4v) is 3.24. The summed E-state index contributed by atoms with van der Waals surface area (Å²) in [5.41, 5.74) is 0.202. The Morgan fingerprint density at radius 3 is 2.67 bits per heavy atom. The number of hydrogen-bond acceptors (Lipinski definition) is 3. The molecule has 18 heavy (non-hydrogen) atoms. The zero-order valence-corrected chi connectivity index (χ0v) is 12.0. The Morgan fingerprint density at radius 2 is 2.11 bits per heavy atom. The molecule has 1 atom stereocenters. The van der Waals surface area contributed by atoms with Gasteiger partial charge in [-0.1, -0.05) is 0 Å². The van der Waals surface area contributed by atoms with Crippen molar-refractivity contribution in [3.8, 4) is 0 Å². The zero-order valence-electron chi connectivity index (χ0n) is 12.0. The van der Waals surface area contributed by atoms with Gasteiger partial charge in [-0.2, -0.15) is 0 Å². The molecular weight excluding hydrogens is 230 g/mol. The molecule has 0 aromatic carbocycles. The van der Waals surface area contributed by atoms with Crippen LogP contribution in [0, 0.1) is 5.92 Å². The van der Waals surface area contributed by atoms with E-state index in [1.165, 1.54) is 6.42 Å². The molecule has 0 radical (unpaired) electrons. The van der Waals surface area contributed by atoms with Crippen molar-refractivity contribution in [1.29, 1.82) is 0 Å². The molecule has 2 aliphatic heterocycles. The summed E-state index contributed by atoms with van der Waals surface area (Å²) in [6.07, 6.45) is 2.35. The van der Waals surface area contributed by atoms with Gasteiger partial charge in [-0.25, -0.2) is 4.79 Å². The molecule has 2 amide bonds. The third-order valence-electron chi connectivity index (χ3n) is 4.38. The molecule has 2 fully saturated rings. The van der Waals surface area contributed by atoms with E-state index in [4.69, 9.17) is 4.74 Å². The predicted molar refractivity (Wildman–Crippen MR) is 70.6 cm³/mol. The minimum absolute atomic E-state index is 0.128. The van der Waals surface area contributed by atoms with Gasteiger partial charge in [-0.15, -0.1) is 0 Å². The Bertz CT molecular complexity index is 313. The highest BCUT2D eigenvalue weighted by molar-refractivity contribution is 5.75. The first kappa shape index (κ1) is 13.6. The fourth-order valence-electron chi connectivity index (χ4n) is 3.24. The monoisotopic (exact) mass is 255 g/mol. The molecular formula is C13H25N3O2. The van der Waals surface area contributed by atoms with Crippen LogP contribution >= 0.6 is 0 Å². The lowest BCUT2D eigenvalue weighted by atomic mass is 9.75. The lowest BCUT2D eigenvalue weighted by Gasteiger charge is -2.58. The van der Waals surface area contributed by atoms with Crippen LogP contribution in [0.3, 0.4) is 0 Å². The van der Waals surface area contributed by atoms with E-state index in [-0.39, 0.29) is 11.6 Å². The third-order valence-corrected chi connectivity index (χ3v) is 4.38. The SMILES string of the molecule is COCC1CCN(C)C2(C1)CN(C(=O)N(C)C)C2. The molecule has 2 saturated heterocycles. The summed E-state index contributed by atoms with van der Waals surface area (Å²) in [5, 5.41) is 0. The van der Waals surface area contributed by atoms with E-state index in [1.54, 1.807) is 12.0 Å². The summed E-state index contributed by atoms with van der Waals surface area (Å²) in [6.45, 7) is 3.68. The van der Waals surface area contributed by atoms with Gasteiger partial charge in [0.15, 0.2) is 0 Å². The van der Waals surface area contributed by atoms with Gasteiger partial charge in [0, 0.05) is 40.9 Å². The van der Waals surface area contributed by atoms with Crippen LogP contribution in [-0.4, -0.2) is 80.8 Å². The second kappa shape index (κ2) is 5.05. The molecule has 2 rings (SSSR count). The Kier molecular flexibility index (Phi) is 3.82. The van der Waals surface area contributed by atoms with Crippen molar-refractivity contribution >= 4 is 6.03 Å². The van der Waals surface area contributed by atoms with Gasteiger partial charge < -0.3 is 14.5 Å². The maximum absolute atomic E-state index is 11.9. The van der Waals surface area contributed by atoms with E-state index in [0.29, 0.717) is 5.92 Å². The molecule has 0 aliphatic carbocycles. The van der Waals surface area contributed by atoms with E-state index in [1.807, 2.05) is 19.0 Å². The molecule has 1 spiro atoms. The molecule has 0 saturated carbocycles. The number of carbonyl (C=O) groups is 1. The van der Waals surface area contributed by atoms with Crippen molar-refractivity contribution in [2.75, 3.05) is 54.5 Å². The van der Waals surface area contributed by atoms with Crippen LogP contribution < -0.4 is 0 Å². The lowest BCUT2D eigenvalue weighted by molar-refractivity contribution is -0.0717. The topological polar surface area (TPSA) is 36.0 Å². The normalized spacial score (nSPS) is 27.1. The molecule has 2 heterocycles. The Hall–Kier alpha value is -0.810. The number of nitrogens with zero attached hydrogens (tertiary/aromatic N) is 3. The minimum Gasteiger partial charge on any atom is -0.384 e. The van der Waals surface area contributed by atoms with E-state index >= 15 is 0 Å². The summed E-state index contributed by atoms with van der Waals surface area (Å²) in [4.78, 5) is 17.9. The summed E-state index contributed by atoms with van der Waals surface area (Å²) >= 11 is 0. The molecule has 0 aromatic heterocycles. The van der Waals surface area contributed by atoms with Crippen LogP contribution in [0.15, 0.2) is 0 Å². The average molecular weight is 255 g/mol. The maximum atomic E-state index is 11.9. The van der Waals surface area contributed by atoms with Gasteiger partial charge in [0.25, 0.3) is 0 Å². The van der Waals surface area contributed by atoms with Crippen LogP contribution in [0.1, 0.15) is 12.8 Å². The number of methoxy groups -OCH3 is 1. The summed E-state index contributed by atoms with van der Waals surface area (Å²) in [6, 6.07) is 0.128. The van der Waals surface area contributed by atoms with Crippen LogP contribution in [-0.2, 0) is 4.74 Å². The second-order valence-corrected chi connectivity index (χ2v) is 5.99. The van der Waals surface area contributed by atoms with Gasteiger partial charge in [0.2, 0.25) is 0 Å². The molecule has 104 valence electrons. The first-order valence-corrected chi connectivity index (χ1v) is 6.65. The molecule has 2 aliphatic rings. The van der Waals surface area contributed by atoms with E-state index in [2.05, 4.69) is 11.9 Å². The summed E-state index contributed by atoms with van der Waals surface area (Å²) < 4.78 is 5.28. The largest absolute Gasteiger partial charge is 0.384 e. The number of likely N-dealkylation sites (N-methyl/N-ethyl adjacent to an activating group) is 1. The number of piperidine rings is 1. The van der Waals surface area contributed by atoms with E-state index < -0.39 is 0 Å². The molecule has 5 heteroatoms. The smallest absolute Gasteiger partial charge is 0.319 e. The van der Waals surface area contributed by atoms with Crippen molar-refractivity contribution in [3.63, 3.8) is 0 Å². The molecule has 0 bridgehead atoms. The quantitative estimate of drug-likeness (QED) is 0.729.